The van der Waals surface area contributed by atoms with Crippen LogP contribution in [0.4, 0.5) is 0 Å². The molecule has 1 N–H and O–H groups in total. The lowest BCUT2D eigenvalue weighted by Gasteiger charge is -2.16. The summed E-state index contributed by atoms with van der Waals surface area (Å²) < 4.78 is 21.9. The fourth-order valence-corrected chi connectivity index (χ4v) is 2.68. The summed E-state index contributed by atoms with van der Waals surface area (Å²) in [6.07, 6.45) is 6.11. The Morgan fingerprint density at radius 3 is 2.50 bits per heavy atom. The van der Waals surface area contributed by atoms with Crippen molar-refractivity contribution < 1.29 is 13.3 Å². The number of hydroxylamine groups is 1. The Morgan fingerprint density at radius 2 is 2.00 bits per heavy atom. The van der Waals surface area contributed by atoms with E-state index < -0.39 is 9.84 Å². The van der Waals surface area contributed by atoms with Crippen molar-refractivity contribution in [2.75, 3.05) is 12.0 Å². The molecule has 1 aliphatic rings. The third-order valence-corrected chi connectivity index (χ3v) is 3.40. The number of rotatable bonds is 5. The summed E-state index contributed by atoms with van der Waals surface area (Å²) in [6, 6.07) is -0.134. The molecule has 0 aliphatic heterocycles. The molecule has 0 aromatic heterocycles. The smallest absolute Gasteiger partial charge is 0.149 e. The zero-order valence-corrected chi connectivity index (χ0v) is 9.64. The average Bonchev–Trinajstić information content (AvgIpc) is 2.49. The lowest BCUT2D eigenvalue weighted by Crippen LogP contribution is -2.35. The number of hydrogen-bond donors (Lipinski definition) is 1. The molecule has 1 fully saturated rings. The first-order chi connectivity index (χ1) is 6.47. The van der Waals surface area contributed by atoms with Gasteiger partial charge in [0.1, 0.15) is 9.84 Å². The lowest BCUT2D eigenvalue weighted by atomic mass is 10.3. The Bertz CT molecular complexity index is 257. The second-order valence-electron chi connectivity index (χ2n) is 4.14. The van der Waals surface area contributed by atoms with Crippen LogP contribution in [0.3, 0.4) is 0 Å². The van der Waals surface area contributed by atoms with Gasteiger partial charge in [-0.2, -0.15) is 5.48 Å². The van der Waals surface area contributed by atoms with E-state index in [4.69, 9.17) is 4.84 Å². The van der Waals surface area contributed by atoms with Gasteiger partial charge in [0.15, 0.2) is 0 Å². The van der Waals surface area contributed by atoms with Gasteiger partial charge < -0.3 is 0 Å². The topological polar surface area (TPSA) is 55.4 Å². The maximum absolute atomic E-state index is 10.9. The third-order valence-electron chi connectivity index (χ3n) is 2.29. The lowest BCUT2D eigenvalue weighted by molar-refractivity contribution is -0.0334. The van der Waals surface area contributed by atoms with Crippen molar-refractivity contribution in [1.82, 2.24) is 5.48 Å². The Balaban J connectivity index is 2.17. The van der Waals surface area contributed by atoms with Crippen LogP contribution in [0.2, 0.25) is 0 Å². The number of nitrogens with one attached hydrogen (secondary N) is 1. The quantitative estimate of drug-likeness (QED) is 0.700. The van der Waals surface area contributed by atoms with Gasteiger partial charge in [-0.1, -0.05) is 12.8 Å². The molecule has 0 radical (unpaired) electrons. The molecule has 1 rings (SSSR count). The van der Waals surface area contributed by atoms with E-state index in [9.17, 15) is 8.42 Å². The average molecular weight is 221 g/mol. The first kappa shape index (κ1) is 11.9. The predicted octanol–water partition coefficient (Wildman–Crippen LogP) is 0.883. The van der Waals surface area contributed by atoms with Gasteiger partial charge in [-0.25, -0.2) is 8.42 Å². The first-order valence-corrected chi connectivity index (χ1v) is 7.12. The van der Waals surface area contributed by atoms with Crippen LogP contribution in [0.15, 0.2) is 0 Å². The molecule has 0 bridgehead atoms. The molecule has 14 heavy (non-hydrogen) atoms. The van der Waals surface area contributed by atoms with Gasteiger partial charge in [-0.15, -0.1) is 0 Å². The van der Waals surface area contributed by atoms with E-state index in [2.05, 4.69) is 5.48 Å². The molecule has 1 unspecified atom stereocenters. The molecule has 0 saturated heterocycles. The first-order valence-electron chi connectivity index (χ1n) is 5.06. The van der Waals surface area contributed by atoms with Crippen LogP contribution in [-0.4, -0.2) is 32.6 Å². The summed E-state index contributed by atoms with van der Waals surface area (Å²) in [5, 5.41) is 0. The fourth-order valence-electron chi connectivity index (χ4n) is 1.71. The molecule has 0 aromatic carbocycles. The van der Waals surface area contributed by atoms with Crippen molar-refractivity contribution in [3.8, 4) is 0 Å². The third kappa shape index (κ3) is 4.93. The number of hydrogen-bond acceptors (Lipinski definition) is 4. The van der Waals surface area contributed by atoms with Crippen molar-refractivity contribution in [2.45, 2.75) is 44.8 Å². The largest absolute Gasteiger partial charge is 0.298 e. The van der Waals surface area contributed by atoms with Crippen LogP contribution >= 0.6 is 0 Å². The highest BCUT2D eigenvalue weighted by Gasteiger charge is 2.17. The van der Waals surface area contributed by atoms with E-state index in [0.717, 1.165) is 12.8 Å². The summed E-state index contributed by atoms with van der Waals surface area (Å²) in [5.74, 6) is 0.125. The summed E-state index contributed by atoms with van der Waals surface area (Å²) >= 11 is 0. The van der Waals surface area contributed by atoms with Crippen LogP contribution < -0.4 is 5.48 Å². The molecule has 84 valence electrons. The van der Waals surface area contributed by atoms with Crippen molar-refractivity contribution in [1.29, 1.82) is 0 Å². The fraction of sp³-hybridized carbons (Fsp3) is 1.00. The Labute approximate surface area is 85.9 Å². The van der Waals surface area contributed by atoms with Gasteiger partial charge in [-0.3, -0.25) is 4.84 Å². The Kier molecular flexibility index (Phi) is 4.34. The predicted molar refractivity (Wildman–Crippen MR) is 55.6 cm³/mol. The molecule has 0 aromatic rings. The van der Waals surface area contributed by atoms with E-state index in [0.29, 0.717) is 0 Å². The molecule has 0 amide bonds. The monoisotopic (exact) mass is 221 g/mol. The normalized spacial score (nSPS) is 21.3. The standard InChI is InChI=1S/C9H19NO3S/c1-8(7-14(2,11)12)10-13-9-5-3-4-6-9/h8-10H,3-7H2,1-2H3. The van der Waals surface area contributed by atoms with E-state index in [1.165, 1.54) is 19.1 Å². The van der Waals surface area contributed by atoms with Crippen LogP contribution in [0, 0.1) is 0 Å². The second-order valence-corrected chi connectivity index (χ2v) is 6.32. The maximum Gasteiger partial charge on any atom is 0.149 e. The van der Waals surface area contributed by atoms with Crippen molar-refractivity contribution in [3.05, 3.63) is 0 Å². The van der Waals surface area contributed by atoms with Gasteiger partial charge in [-0.05, 0) is 19.8 Å². The van der Waals surface area contributed by atoms with Gasteiger partial charge in [0, 0.05) is 12.3 Å². The summed E-state index contributed by atoms with van der Waals surface area (Å²) in [4.78, 5) is 5.40. The highest BCUT2D eigenvalue weighted by atomic mass is 32.2. The molecule has 0 heterocycles. The van der Waals surface area contributed by atoms with Crippen molar-refractivity contribution in [2.24, 2.45) is 0 Å². The van der Waals surface area contributed by atoms with Gasteiger partial charge in [0.05, 0.1) is 11.9 Å². The summed E-state index contributed by atoms with van der Waals surface area (Å²) in [7, 11) is -2.91. The van der Waals surface area contributed by atoms with E-state index in [-0.39, 0.29) is 17.9 Å². The zero-order valence-electron chi connectivity index (χ0n) is 8.82. The van der Waals surface area contributed by atoms with Crippen LogP contribution in [-0.2, 0) is 14.7 Å². The molecule has 1 atom stereocenters. The molecule has 1 saturated carbocycles. The van der Waals surface area contributed by atoms with Crippen LogP contribution in [0.1, 0.15) is 32.6 Å². The highest BCUT2D eigenvalue weighted by Crippen LogP contribution is 2.19. The Morgan fingerprint density at radius 1 is 1.43 bits per heavy atom. The van der Waals surface area contributed by atoms with Crippen molar-refractivity contribution in [3.63, 3.8) is 0 Å². The molecule has 0 spiro atoms. The van der Waals surface area contributed by atoms with E-state index >= 15 is 0 Å². The van der Waals surface area contributed by atoms with Crippen molar-refractivity contribution >= 4 is 9.84 Å². The molecule has 1 aliphatic carbocycles. The minimum Gasteiger partial charge on any atom is -0.298 e. The van der Waals surface area contributed by atoms with Gasteiger partial charge in [0.2, 0.25) is 0 Å². The van der Waals surface area contributed by atoms with Gasteiger partial charge >= 0.3 is 0 Å². The Hall–Kier alpha value is -0.130. The van der Waals surface area contributed by atoms with Crippen LogP contribution in [0.5, 0.6) is 0 Å². The SMILES string of the molecule is CC(CS(C)(=O)=O)NOC1CCCC1. The van der Waals surface area contributed by atoms with Gasteiger partial charge in [0.25, 0.3) is 0 Å². The van der Waals surface area contributed by atoms with E-state index in [1.807, 2.05) is 6.92 Å². The molecular formula is C9H19NO3S. The zero-order chi connectivity index (χ0) is 10.6. The van der Waals surface area contributed by atoms with Crippen LogP contribution in [0.25, 0.3) is 0 Å². The second kappa shape index (κ2) is 5.09. The van der Waals surface area contributed by atoms with E-state index in [1.54, 1.807) is 0 Å². The molecule has 4 nitrogen and oxygen atoms in total. The summed E-state index contributed by atoms with van der Waals surface area (Å²) in [6.45, 7) is 1.82. The highest BCUT2D eigenvalue weighted by molar-refractivity contribution is 7.90. The maximum atomic E-state index is 10.9. The molecule has 5 heteroatoms. The number of sulfone groups is 1. The molecular weight excluding hydrogens is 202 g/mol. The summed E-state index contributed by atoms with van der Waals surface area (Å²) in [5.41, 5.74) is 2.80. The minimum atomic E-state index is -2.91. The minimum absolute atomic E-state index is 0.125.